The van der Waals surface area contributed by atoms with Crippen LogP contribution in [0.15, 0.2) is 0 Å². The summed E-state index contributed by atoms with van der Waals surface area (Å²) < 4.78 is 68.7. The van der Waals surface area contributed by atoms with E-state index < -0.39 is 97.5 Å². The van der Waals surface area contributed by atoms with Gasteiger partial charge in [0, 0.05) is 25.7 Å². The Hall–Kier alpha value is -1.94. The van der Waals surface area contributed by atoms with E-state index in [9.17, 15) is 43.2 Å². The van der Waals surface area contributed by atoms with Gasteiger partial charge in [-0.25, -0.2) is 9.13 Å². The Morgan fingerprint density at radius 3 is 0.760 bits per heavy atom. The highest BCUT2D eigenvalue weighted by Gasteiger charge is 2.30. The number of hydrogen-bond acceptors (Lipinski definition) is 15. The zero-order valence-electron chi connectivity index (χ0n) is 65.5. The maximum atomic E-state index is 13.1. The molecule has 6 atom stereocenters. The highest BCUT2D eigenvalue weighted by molar-refractivity contribution is 7.47. The number of phosphoric ester groups is 2. The van der Waals surface area contributed by atoms with E-state index in [1.54, 1.807) is 0 Å². The van der Waals surface area contributed by atoms with E-state index in [-0.39, 0.29) is 25.7 Å². The van der Waals surface area contributed by atoms with E-state index in [1.165, 1.54) is 244 Å². The Balaban J connectivity index is 5.25. The van der Waals surface area contributed by atoms with Gasteiger partial charge in [-0.2, -0.15) is 0 Å². The molecule has 0 fully saturated rings. The lowest BCUT2D eigenvalue weighted by Crippen LogP contribution is -2.30. The van der Waals surface area contributed by atoms with Crippen molar-refractivity contribution in [2.24, 2.45) is 11.8 Å². The molecule has 3 unspecified atom stereocenters. The molecule has 0 radical (unpaired) electrons. The Bertz CT molecular complexity index is 1930. The van der Waals surface area contributed by atoms with Crippen molar-refractivity contribution in [2.45, 2.75) is 445 Å². The average Bonchev–Trinajstić information content (AvgIpc) is 0.923. The summed E-state index contributed by atoms with van der Waals surface area (Å²) in [7, 11) is -9.92. The molecular weight excluding hydrogens is 1310 g/mol. The van der Waals surface area contributed by atoms with Crippen LogP contribution in [0.5, 0.6) is 0 Å². The predicted molar refractivity (Wildman–Crippen MR) is 409 cm³/mol. The molecule has 0 heterocycles. The summed E-state index contributed by atoms with van der Waals surface area (Å²) in [5.74, 6) is -0.546. The summed E-state index contributed by atoms with van der Waals surface area (Å²) in [6.45, 7) is 9.66. The number of aliphatic hydroxyl groups is 1. The van der Waals surface area contributed by atoms with Crippen LogP contribution in [0.3, 0.4) is 0 Å². The first-order valence-corrected chi connectivity index (χ1v) is 45.0. The number of esters is 4. The molecule has 19 heteroatoms. The summed E-state index contributed by atoms with van der Waals surface area (Å²) in [4.78, 5) is 73.1. The molecule has 0 amide bonds. The fourth-order valence-corrected chi connectivity index (χ4v) is 14.1. The predicted octanol–water partition coefficient (Wildman–Crippen LogP) is 24.3. The van der Waals surface area contributed by atoms with Gasteiger partial charge in [-0.05, 0) is 37.5 Å². The highest BCUT2D eigenvalue weighted by Crippen LogP contribution is 2.45. The third-order valence-electron chi connectivity index (χ3n) is 19.3. The van der Waals surface area contributed by atoms with Crippen LogP contribution in [0.25, 0.3) is 0 Å². The molecule has 100 heavy (non-hydrogen) atoms. The highest BCUT2D eigenvalue weighted by atomic mass is 31.2. The van der Waals surface area contributed by atoms with Gasteiger partial charge in [0.15, 0.2) is 12.2 Å². The molecule has 0 bridgehead atoms. The summed E-state index contributed by atoms with van der Waals surface area (Å²) in [5.41, 5.74) is 0. The maximum absolute atomic E-state index is 13.1. The molecule has 0 aliphatic heterocycles. The van der Waals surface area contributed by atoms with E-state index in [4.69, 9.17) is 37.0 Å². The summed E-state index contributed by atoms with van der Waals surface area (Å²) >= 11 is 0. The van der Waals surface area contributed by atoms with Crippen molar-refractivity contribution >= 4 is 39.5 Å². The van der Waals surface area contributed by atoms with Gasteiger partial charge in [-0.1, -0.05) is 375 Å². The number of unbranched alkanes of at least 4 members (excludes halogenated alkanes) is 49. The molecule has 0 aliphatic rings. The number of rotatable bonds is 80. The zero-order chi connectivity index (χ0) is 73.5. The van der Waals surface area contributed by atoms with Gasteiger partial charge in [0.05, 0.1) is 26.4 Å². The normalized spacial score (nSPS) is 14.2. The fraction of sp³-hybridized carbons (Fsp3) is 0.951. The van der Waals surface area contributed by atoms with Crippen LogP contribution in [0, 0.1) is 11.8 Å². The molecule has 17 nitrogen and oxygen atoms in total. The monoisotopic (exact) mass is 1470 g/mol. The van der Waals surface area contributed by atoms with E-state index in [0.29, 0.717) is 25.7 Å². The Labute approximate surface area is 613 Å². The van der Waals surface area contributed by atoms with Crippen molar-refractivity contribution in [3.8, 4) is 0 Å². The van der Waals surface area contributed by atoms with Crippen LogP contribution in [0.1, 0.15) is 427 Å². The molecule has 0 rings (SSSR count). The minimum Gasteiger partial charge on any atom is -0.462 e. The lowest BCUT2D eigenvalue weighted by atomic mass is 9.99. The Morgan fingerprint density at radius 2 is 0.510 bits per heavy atom. The van der Waals surface area contributed by atoms with Gasteiger partial charge in [0.2, 0.25) is 0 Å². The van der Waals surface area contributed by atoms with Gasteiger partial charge in [0.25, 0.3) is 0 Å². The summed E-state index contributed by atoms with van der Waals surface area (Å²) in [5, 5.41) is 10.6. The van der Waals surface area contributed by atoms with Crippen molar-refractivity contribution in [3.63, 3.8) is 0 Å². The van der Waals surface area contributed by atoms with Crippen LogP contribution >= 0.6 is 15.6 Å². The van der Waals surface area contributed by atoms with Crippen molar-refractivity contribution in [1.29, 1.82) is 0 Å². The molecule has 0 saturated heterocycles. The minimum absolute atomic E-state index is 0.107. The van der Waals surface area contributed by atoms with Gasteiger partial charge in [0.1, 0.15) is 19.3 Å². The first-order chi connectivity index (χ1) is 48.4. The van der Waals surface area contributed by atoms with Crippen LogP contribution in [0.2, 0.25) is 0 Å². The first-order valence-electron chi connectivity index (χ1n) is 42.0. The maximum Gasteiger partial charge on any atom is 0.472 e. The van der Waals surface area contributed by atoms with Gasteiger partial charge < -0.3 is 33.8 Å². The molecule has 0 aromatic rings. The number of aliphatic hydroxyl groups excluding tert-OH is 1. The van der Waals surface area contributed by atoms with Crippen molar-refractivity contribution in [1.82, 2.24) is 0 Å². The fourth-order valence-electron chi connectivity index (χ4n) is 12.5. The van der Waals surface area contributed by atoms with Crippen molar-refractivity contribution in [2.75, 3.05) is 39.6 Å². The van der Waals surface area contributed by atoms with Gasteiger partial charge in [-0.15, -0.1) is 0 Å². The third-order valence-corrected chi connectivity index (χ3v) is 21.2. The largest absolute Gasteiger partial charge is 0.472 e. The second-order valence-electron chi connectivity index (χ2n) is 29.9. The van der Waals surface area contributed by atoms with Crippen LogP contribution in [-0.4, -0.2) is 96.7 Å². The second-order valence-corrected chi connectivity index (χ2v) is 32.8. The molecule has 3 N–H and O–H groups in total. The van der Waals surface area contributed by atoms with Crippen molar-refractivity contribution in [3.05, 3.63) is 0 Å². The zero-order valence-corrected chi connectivity index (χ0v) is 67.3. The quantitative estimate of drug-likeness (QED) is 0.0222. The topological polar surface area (TPSA) is 237 Å². The molecule has 0 spiro atoms. The number of ether oxygens (including phenoxy) is 4. The van der Waals surface area contributed by atoms with E-state index >= 15 is 0 Å². The summed E-state index contributed by atoms with van der Waals surface area (Å²) in [6.07, 6.45) is 62.3. The lowest BCUT2D eigenvalue weighted by Gasteiger charge is -2.21. The Morgan fingerprint density at radius 1 is 0.290 bits per heavy atom. The molecule has 0 aromatic heterocycles. The van der Waals surface area contributed by atoms with E-state index in [2.05, 4.69) is 41.5 Å². The second kappa shape index (κ2) is 72.6. The minimum atomic E-state index is -4.96. The first kappa shape index (κ1) is 98.1. The van der Waals surface area contributed by atoms with Crippen LogP contribution in [0.4, 0.5) is 0 Å². The van der Waals surface area contributed by atoms with Crippen LogP contribution < -0.4 is 0 Å². The molecule has 594 valence electrons. The number of hydrogen-bond donors (Lipinski definition) is 3. The summed E-state index contributed by atoms with van der Waals surface area (Å²) in [6, 6.07) is 0. The molecule has 0 aliphatic carbocycles. The van der Waals surface area contributed by atoms with E-state index in [1.807, 2.05) is 0 Å². The SMILES string of the molecule is CCCCCCCCCCCCCCCCCCCCCCC(=O)O[C@H](COC(=O)CCCCCCCCCCCCC(C)CC)COP(=O)(O)OC[C@@H](O)COP(=O)(O)OC[C@@H](COC(=O)CCCCCCCCCCCCCCC)OC(=O)CCCCCCCCCCCCC(C)C. The molecule has 0 aromatic carbocycles. The third kappa shape index (κ3) is 73.0. The number of carbonyl (C=O) groups excluding carboxylic acids is 4. The van der Waals surface area contributed by atoms with Gasteiger partial charge in [-0.3, -0.25) is 37.3 Å². The Kier molecular flexibility index (Phi) is 71.2. The molecule has 0 saturated carbocycles. The van der Waals surface area contributed by atoms with Crippen LogP contribution in [-0.2, 0) is 65.4 Å². The van der Waals surface area contributed by atoms with Crippen molar-refractivity contribution < 1.29 is 80.2 Å². The standard InChI is InChI=1S/C81H158O17P2/c1-7-10-12-14-16-18-20-22-23-24-25-26-27-28-30-32-41-47-53-59-65-80(85)97-76(70-92-79(84)64-58-52-46-40-36-34-38-44-50-56-62-74(6)9-3)71-95-99(87,88)93-67-75(82)68-94-100(89,90)96-72-77(98-81(86)66-60-54-48-42-35-33-37-43-49-55-61-73(4)5)69-91-78(83)63-57-51-45-39-31-29-21-19-17-15-13-11-8-2/h73-77,82H,7-72H2,1-6H3,(H,87,88)(H,89,90)/t74?,75-,76-,77-/m1/s1. The number of phosphoric acid groups is 2. The lowest BCUT2D eigenvalue weighted by molar-refractivity contribution is -0.161. The van der Waals surface area contributed by atoms with E-state index in [0.717, 1.165) is 102 Å². The number of carbonyl (C=O) groups is 4. The smallest absolute Gasteiger partial charge is 0.462 e. The molecular formula is C81H158O17P2. The van der Waals surface area contributed by atoms with Gasteiger partial charge >= 0.3 is 39.5 Å². The average molecular weight is 1470 g/mol.